The summed E-state index contributed by atoms with van der Waals surface area (Å²) >= 11 is 0. The molecule has 1 aliphatic rings. The van der Waals surface area contributed by atoms with E-state index in [-0.39, 0.29) is 0 Å². The zero-order valence-corrected chi connectivity index (χ0v) is 10.8. The van der Waals surface area contributed by atoms with Gasteiger partial charge < -0.3 is 15.7 Å². The number of anilines is 2. The summed E-state index contributed by atoms with van der Waals surface area (Å²) in [5.74, 6) is 0. The van der Waals surface area contributed by atoms with E-state index >= 15 is 0 Å². The summed E-state index contributed by atoms with van der Waals surface area (Å²) in [4.78, 5) is 2.23. The zero-order valence-electron chi connectivity index (χ0n) is 10.8. The molecule has 2 aromatic carbocycles. The summed E-state index contributed by atoms with van der Waals surface area (Å²) in [6, 6.07) is 15.9. The first-order valence-electron chi connectivity index (χ1n) is 6.61. The van der Waals surface area contributed by atoms with Crippen molar-refractivity contribution >= 4 is 11.4 Å². The lowest BCUT2D eigenvalue weighted by molar-refractivity contribution is 0.185. The highest BCUT2D eigenvalue weighted by atomic mass is 16.3. The molecule has 3 N–H and O–H groups in total. The van der Waals surface area contributed by atoms with E-state index in [1.54, 1.807) is 0 Å². The van der Waals surface area contributed by atoms with Crippen LogP contribution in [0.2, 0.25) is 0 Å². The third kappa shape index (κ3) is 2.29. The monoisotopic (exact) mass is 254 g/mol. The van der Waals surface area contributed by atoms with Crippen molar-refractivity contribution in [2.45, 2.75) is 12.5 Å². The lowest BCUT2D eigenvalue weighted by Crippen LogP contribution is -2.27. The number of benzene rings is 2. The minimum atomic E-state index is -0.549. The highest BCUT2D eigenvalue weighted by Crippen LogP contribution is 2.30. The number of hydrogen-bond acceptors (Lipinski definition) is 3. The van der Waals surface area contributed by atoms with E-state index in [2.05, 4.69) is 23.1 Å². The van der Waals surface area contributed by atoms with Crippen LogP contribution in [-0.4, -0.2) is 18.2 Å². The van der Waals surface area contributed by atoms with E-state index < -0.39 is 6.10 Å². The van der Waals surface area contributed by atoms with Crippen LogP contribution in [0.3, 0.4) is 0 Å². The molecule has 0 spiro atoms. The van der Waals surface area contributed by atoms with Crippen molar-refractivity contribution in [1.82, 2.24) is 0 Å². The summed E-state index contributed by atoms with van der Waals surface area (Å²) in [7, 11) is 0. The number of fused-ring (bicyclic) bond motifs is 1. The normalized spacial score (nSPS) is 15.3. The van der Waals surface area contributed by atoms with Crippen LogP contribution in [0.25, 0.3) is 0 Å². The Bertz CT molecular complexity index is 582. The first-order chi connectivity index (χ1) is 9.25. The highest BCUT2D eigenvalue weighted by molar-refractivity contribution is 5.58. The fourth-order valence-corrected chi connectivity index (χ4v) is 2.72. The lowest BCUT2D eigenvalue weighted by atomic mass is 10.1. The maximum Gasteiger partial charge on any atom is 0.0984 e. The molecule has 0 fully saturated rings. The molecular weight excluding hydrogens is 236 g/mol. The Labute approximate surface area is 113 Å². The van der Waals surface area contributed by atoms with Crippen LogP contribution in [0.1, 0.15) is 17.2 Å². The predicted molar refractivity (Wildman–Crippen MR) is 78.2 cm³/mol. The Morgan fingerprint density at radius 2 is 1.84 bits per heavy atom. The molecule has 0 bridgehead atoms. The Kier molecular flexibility index (Phi) is 3.13. The number of hydrogen-bond donors (Lipinski definition) is 2. The maximum atomic E-state index is 10.4. The Balaban J connectivity index is 1.78. The van der Waals surface area contributed by atoms with Crippen molar-refractivity contribution in [3.63, 3.8) is 0 Å². The van der Waals surface area contributed by atoms with Crippen molar-refractivity contribution in [2.75, 3.05) is 23.7 Å². The molecule has 19 heavy (non-hydrogen) atoms. The number of nitrogen functional groups attached to an aromatic ring is 1. The van der Waals surface area contributed by atoms with Gasteiger partial charge in [0, 0.05) is 30.0 Å². The van der Waals surface area contributed by atoms with Crippen molar-refractivity contribution in [3.8, 4) is 0 Å². The van der Waals surface area contributed by atoms with Crippen LogP contribution in [-0.2, 0) is 6.42 Å². The number of para-hydroxylation sites is 2. The van der Waals surface area contributed by atoms with E-state index in [0.29, 0.717) is 12.2 Å². The standard InChI is InChI=1S/C16H18N2O/c17-14-7-3-2-6-13(14)16(19)11-18-10-9-12-5-1-4-8-15(12)18/h1-8,16,19H,9-11,17H2. The van der Waals surface area contributed by atoms with Crippen molar-refractivity contribution in [3.05, 3.63) is 59.7 Å². The summed E-state index contributed by atoms with van der Waals surface area (Å²) in [6.45, 7) is 1.55. The van der Waals surface area contributed by atoms with Gasteiger partial charge in [0.25, 0.3) is 0 Å². The number of aliphatic hydroxyl groups excluding tert-OH is 1. The number of β-amino-alcohol motifs (C(OH)–C–C–N with tert-alkyl or cyclic N) is 1. The molecule has 3 nitrogen and oxygen atoms in total. The van der Waals surface area contributed by atoms with Crippen molar-refractivity contribution < 1.29 is 5.11 Å². The largest absolute Gasteiger partial charge is 0.398 e. The fourth-order valence-electron chi connectivity index (χ4n) is 2.72. The molecule has 98 valence electrons. The molecule has 0 amide bonds. The van der Waals surface area contributed by atoms with Crippen molar-refractivity contribution in [1.29, 1.82) is 0 Å². The van der Waals surface area contributed by atoms with Gasteiger partial charge in [0.2, 0.25) is 0 Å². The molecule has 0 aromatic heterocycles. The average molecular weight is 254 g/mol. The fraction of sp³-hybridized carbons (Fsp3) is 0.250. The molecule has 0 saturated heterocycles. The number of aliphatic hydroxyl groups is 1. The van der Waals surface area contributed by atoms with Crippen LogP contribution >= 0.6 is 0 Å². The summed E-state index contributed by atoms with van der Waals surface area (Å²) in [6.07, 6.45) is 0.500. The minimum absolute atomic E-state index is 0.549. The number of nitrogens with zero attached hydrogens (tertiary/aromatic N) is 1. The molecule has 1 aliphatic heterocycles. The minimum Gasteiger partial charge on any atom is -0.398 e. The Morgan fingerprint density at radius 3 is 2.68 bits per heavy atom. The van der Waals surface area contributed by atoms with E-state index in [4.69, 9.17) is 5.73 Å². The van der Waals surface area contributed by atoms with E-state index in [0.717, 1.165) is 18.5 Å². The topological polar surface area (TPSA) is 49.5 Å². The van der Waals surface area contributed by atoms with E-state index in [1.165, 1.54) is 11.3 Å². The molecular formula is C16H18N2O. The van der Waals surface area contributed by atoms with Gasteiger partial charge >= 0.3 is 0 Å². The lowest BCUT2D eigenvalue weighted by Gasteiger charge is -2.23. The van der Waals surface area contributed by atoms with Gasteiger partial charge in [-0.2, -0.15) is 0 Å². The second-order valence-corrected chi connectivity index (χ2v) is 4.97. The van der Waals surface area contributed by atoms with Crippen LogP contribution < -0.4 is 10.6 Å². The maximum absolute atomic E-state index is 10.4. The SMILES string of the molecule is Nc1ccccc1C(O)CN1CCc2ccccc21. The molecule has 0 saturated carbocycles. The number of nitrogens with two attached hydrogens (primary N) is 1. The van der Waals surface area contributed by atoms with Gasteiger partial charge in [-0.3, -0.25) is 0 Å². The van der Waals surface area contributed by atoms with Crippen molar-refractivity contribution in [2.24, 2.45) is 0 Å². The van der Waals surface area contributed by atoms with Crippen LogP contribution in [0.5, 0.6) is 0 Å². The summed E-state index contributed by atoms with van der Waals surface area (Å²) in [5.41, 5.74) is 9.97. The molecule has 0 aliphatic carbocycles. The average Bonchev–Trinajstić information content (AvgIpc) is 2.83. The second kappa shape index (κ2) is 4.94. The van der Waals surface area contributed by atoms with Gasteiger partial charge in [-0.05, 0) is 24.1 Å². The molecule has 1 unspecified atom stereocenters. The van der Waals surface area contributed by atoms with Gasteiger partial charge in [0.05, 0.1) is 6.10 Å². The quantitative estimate of drug-likeness (QED) is 0.827. The van der Waals surface area contributed by atoms with Crippen LogP contribution in [0, 0.1) is 0 Å². The summed E-state index contributed by atoms with van der Waals surface area (Å²) < 4.78 is 0. The second-order valence-electron chi connectivity index (χ2n) is 4.97. The molecule has 1 heterocycles. The third-order valence-corrected chi connectivity index (χ3v) is 3.73. The van der Waals surface area contributed by atoms with Crippen LogP contribution in [0.15, 0.2) is 48.5 Å². The third-order valence-electron chi connectivity index (χ3n) is 3.73. The zero-order chi connectivity index (χ0) is 13.2. The Morgan fingerprint density at radius 1 is 1.11 bits per heavy atom. The van der Waals surface area contributed by atoms with Gasteiger partial charge in [-0.15, -0.1) is 0 Å². The van der Waals surface area contributed by atoms with E-state index in [1.807, 2.05) is 30.3 Å². The first kappa shape index (κ1) is 12.1. The Hall–Kier alpha value is -2.00. The molecule has 0 radical (unpaired) electrons. The summed E-state index contributed by atoms with van der Waals surface area (Å²) in [5, 5.41) is 10.4. The van der Waals surface area contributed by atoms with Gasteiger partial charge in [-0.25, -0.2) is 0 Å². The predicted octanol–water partition coefficient (Wildman–Crippen LogP) is 2.36. The number of rotatable bonds is 3. The van der Waals surface area contributed by atoms with Gasteiger partial charge in [0.1, 0.15) is 0 Å². The highest BCUT2D eigenvalue weighted by Gasteiger charge is 2.22. The van der Waals surface area contributed by atoms with Gasteiger partial charge in [-0.1, -0.05) is 36.4 Å². The molecule has 1 atom stereocenters. The molecule has 3 heteroatoms. The first-order valence-corrected chi connectivity index (χ1v) is 6.61. The van der Waals surface area contributed by atoms with Crippen LogP contribution in [0.4, 0.5) is 11.4 Å². The van der Waals surface area contributed by atoms with E-state index in [9.17, 15) is 5.11 Å². The van der Waals surface area contributed by atoms with Gasteiger partial charge in [0.15, 0.2) is 0 Å². The smallest absolute Gasteiger partial charge is 0.0984 e. The molecule has 3 rings (SSSR count). The molecule has 2 aromatic rings.